The molecule has 136 valence electrons. The van der Waals surface area contributed by atoms with E-state index in [-0.39, 0.29) is 11.4 Å². The molecule has 1 aliphatic carbocycles. The molecule has 1 aliphatic rings. The van der Waals surface area contributed by atoms with Gasteiger partial charge in [0.1, 0.15) is 5.82 Å². The molecule has 1 fully saturated rings. The lowest BCUT2D eigenvalue weighted by molar-refractivity contribution is 0.164. The lowest BCUT2D eigenvalue weighted by Crippen LogP contribution is -2.47. The van der Waals surface area contributed by atoms with Gasteiger partial charge in [0.25, 0.3) is 0 Å². The van der Waals surface area contributed by atoms with E-state index in [9.17, 15) is 4.39 Å². The summed E-state index contributed by atoms with van der Waals surface area (Å²) in [7, 11) is 0. The van der Waals surface area contributed by atoms with E-state index >= 15 is 0 Å². The summed E-state index contributed by atoms with van der Waals surface area (Å²) in [4.78, 5) is 7.32. The molecule has 0 atom stereocenters. The van der Waals surface area contributed by atoms with E-state index in [0.717, 1.165) is 53.4 Å². The number of aromatic nitrogens is 2. The molecule has 0 bridgehead atoms. The van der Waals surface area contributed by atoms with Gasteiger partial charge in [0.05, 0.1) is 17.4 Å². The van der Waals surface area contributed by atoms with Gasteiger partial charge in [0.2, 0.25) is 0 Å². The predicted molar refractivity (Wildman–Crippen MR) is 104 cm³/mol. The summed E-state index contributed by atoms with van der Waals surface area (Å²) in [6.07, 6.45) is 6.40. The molecule has 0 aliphatic heterocycles. The number of hydrogen-bond acceptors (Lipinski definition) is 2. The van der Waals surface area contributed by atoms with E-state index in [2.05, 4.69) is 23.8 Å². The van der Waals surface area contributed by atoms with Crippen LogP contribution in [0.15, 0.2) is 42.7 Å². The average Bonchev–Trinajstić information content (AvgIpc) is 3.08. The lowest BCUT2D eigenvalue weighted by atomic mass is 9.68. The maximum absolute atomic E-state index is 14.8. The molecule has 3 N–H and O–H groups in total. The van der Waals surface area contributed by atoms with Crippen molar-refractivity contribution >= 4 is 11.0 Å². The molecule has 26 heavy (non-hydrogen) atoms. The third-order valence-corrected chi connectivity index (χ3v) is 5.95. The second-order valence-corrected chi connectivity index (χ2v) is 8.64. The molecule has 3 aromatic rings. The minimum absolute atomic E-state index is 0.165. The number of imidazole rings is 1. The summed E-state index contributed by atoms with van der Waals surface area (Å²) in [6.45, 7) is 4.58. The monoisotopic (exact) mass is 351 g/mol. The largest absolute Gasteiger partial charge is 0.345 e. The molecule has 0 amide bonds. The molecule has 3 nitrogen and oxygen atoms in total. The number of benzene rings is 2. The fraction of sp³-hybridized carbons (Fsp3) is 0.409. The van der Waals surface area contributed by atoms with Crippen molar-refractivity contribution in [2.45, 2.75) is 51.5 Å². The quantitative estimate of drug-likeness (QED) is 0.680. The number of nitrogens with two attached hydrogens (primary N) is 1. The number of nitrogens with one attached hydrogen (secondary N) is 1. The van der Waals surface area contributed by atoms with Crippen LogP contribution in [0.5, 0.6) is 0 Å². The number of H-pyrrole nitrogens is 1. The number of nitrogens with zero attached hydrogens (tertiary/aromatic N) is 1. The third-order valence-electron chi connectivity index (χ3n) is 5.95. The molecule has 2 aromatic carbocycles. The molecular formula is C22H26FN3. The Morgan fingerprint density at radius 3 is 2.46 bits per heavy atom. The summed E-state index contributed by atoms with van der Waals surface area (Å²) in [5.74, 6) is -0.165. The highest BCUT2D eigenvalue weighted by atomic mass is 19.1. The van der Waals surface area contributed by atoms with Crippen molar-refractivity contribution in [3.8, 4) is 11.1 Å². The zero-order valence-corrected chi connectivity index (χ0v) is 15.5. The van der Waals surface area contributed by atoms with Gasteiger partial charge in [0.15, 0.2) is 0 Å². The van der Waals surface area contributed by atoms with E-state index in [1.165, 1.54) is 0 Å². The molecule has 0 unspecified atom stereocenters. The van der Waals surface area contributed by atoms with Crippen molar-refractivity contribution in [3.63, 3.8) is 0 Å². The molecule has 4 rings (SSSR count). The summed E-state index contributed by atoms with van der Waals surface area (Å²) in [5, 5.41) is 0. The van der Waals surface area contributed by atoms with Gasteiger partial charge in [-0.2, -0.15) is 0 Å². The van der Waals surface area contributed by atoms with Gasteiger partial charge in [-0.3, -0.25) is 0 Å². The second kappa shape index (κ2) is 6.20. The van der Waals surface area contributed by atoms with Gasteiger partial charge >= 0.3 is 0 Å². The summed E-state index contributed by atoms with van der Waals surface area (Å²) in [6, 6.07) is 11.5. The third kappa shape index (κ3) is 3.38. The Balaban J connectivity index is 1.56. The van der Waals surface area contributed by atoms with Crippen LogP contribution in [-0.4, -0.2) is 15.5 Å². The first-order valence-electron chi connectivity index (χ1n) is 9.35. The van der Waals surface area contributed by atoms with Crippen molar-refractivity contribution in [2.75, 3.05) is 0 Å². The fourth-order valence-corrected chi connectivity index (χ4v) is 3.97. The normalized spacial score (nSPS) is 18.9. The zero-order valence-electron chi connectivity index (χ0n) is 15.5. The molecule has 0 spiro atoms. The Morgan fingerprint density at radius 2 is 1.73 bits per heavy atom. The van der Waals surface area contributed by atoms with E-state index in [4.69, 9.17) is 5.73 Å². The van der Waals surface area contributed by atoms with E-state index < -0.39 is 0 Å². The van der Waals surface area contributed by atoms with Crippen molar-refractivity contribution < 1.29 is 4.39 Å². The molecule has 0 saturated heterocycles. The zero-order chi connectivity index (χ0) is 18.4. The van der Waals surface area contributed by atoms with Gasteiger partial charge in [-0.1, -0.05) is 32.0 Å². The first kappa shape index (κ1) is 17.2. The Morgan fingerprint density at radius 1 is 1.04 bits per heavy atom. The number of fused-ring (bicyclic) bond motifs is 1. The first-order chi connectivity index (χ1) is 12.3. The van der Waals surface area contributed by atoms with E-state index in [0.29, 0.717) is 11.8 Å². The number of hydrogen-bond donors (Lipinski definition) is 2. The smallest absolute Gasteiger partial charge is 0.127 e. The van der Waals surface area contributed by atoms with E-state index in [1.54, 1.807) is 12.4 Å². The summed E-state index contributed by atoms with van der Waals surface area (Å²) in [5.41, 5.74) is 11.1. The molecule has 1 aromatic heterocycles. The Hall–Kier alpha value is -2.20. The molecule has 0 radical (unpaired) electrons. The van der Waals surface area contributed by atoms with Crippen LogP contribution in [0.4, 0.5) is 4.39 Å². The first-order valence-corrected chi connectivity index (χ1v) is 9.35. The summed E-state index contributed by atoms with van der Waals surface area (Å²) < 4.78 is 14.8. The Labute approximate surface area is 153 Å². The standard InChI is InChI=1S/C22H26FN3/c1-21(2)7-9-22(24,10-8-21)13-17-4-3-15(11-18(17)23)16-5-6-19-20(12-16)26-14-25-19/h3-6,11-12,14H,7-10,13,24H2,1-2H3,(H,25,26). The molecule has 1 saturated carbocycles. The van der Waals surface area contributed by atoms with Crippen LogP contribution in [0.3, 0.4) is 0 Å². The average molecular weight is 351 g/mol. The van der Waals surface area contributed by atoms with Crippen LogP contribution in [0.25, 0.3) is 22.2 Å². The van der Waals surface area contributed by atoms with Gasteiger partial charge in [-0.25, -0.2) is 9.37 Å². The van der Waals surface area contributed by atoms with Crippen LogP contribution >= 0.6 is 0 Å². The second-order valence-electron chi connectivity index (χ2n) is 8.64. The highest BCUT2D eigenvalue weighted by molar-refractivity contribution is 5.81. The van der Waals surface area contributed by atoms with Crippen molar-refractivity contribution in [3.05, 3.63) is 54.1 Å². The van der Waals surface area contributed by atoms with Gasteiger partial charge < -0.3 is 10.7 Å². The van der Waals surface area contributed by atoms with Crippen LogP contribution in [0, 0.1) is 11.2 Å². The van der Waals surface area contributed by atoms with Crippen molar-refractivity contribution in [2.24, 2.45) is 11.1 Å². The minimum Gasteiger partial charge on any atom is -0.345 e. The Kier molecular flexibility index (Phi) is 4.11. The van der Waals surface area contributed by atoms with Crippen LogP contribution in [0.1, 0.15) is 45.1 Å². The predicted octanol–water partition coefficient (Wildman–Crippen LogP) is 5.21. The molecule has 4 heteroatoms. The van der Waals surface area contributed by atoms with Gasteiger partial charge in [0, 0.05) is 5.54 Å². The molecule has 1 heterocycles. The number of halogens is 1. The topological polar surface area (TPSA) is 54.7 Å². The van der Waals surface area contributed by atoms with Crippen molar-refractivity contribution in [1.82, 2.24) is 9.97 Å². The van der Waals surface area contributed by atoms with Gasteiger partial charge in [-0.15, -0.1) is 0 Å². The number of rotatable bonds is 3. The number of aromatic amines is 1. The Bertz CT molecular complexity index is 931. The maximum atomic E-state index is 14.8. The van der Waals surface area contributed by atoms with Gasteiger partial charge in [-0.05, 0) is 72.4 Å². The molecular weight excluding hydrogens is 325 g/mol. The lowest BCUT2D eigenvalue weighted by Gasteiger charge is -2.41. The van der Waals surface area contributed by atoms with Crippen LogP contribution in [0.2, 0.25) is 0 Å². The van der Waals surface area contributed by atoms with Crippen molar-refractivity contribution in [1.29, 1.82) is 0 Å². The van der Waals surface area contributed by atoms with Crippen LogP contribution < -0.4 is 5.73 Å². The van der Waals surface area contributed by atoms with E-state index in [1.807, 2.05) is 30.3 Å². The van der Waals surface area contributed by atoms with Crippen LogP contribution in [-0.2, 0) is 6.42 Å². The maximum Gasteiger partial charge on any atom is 0.127 e. The highest BCUT2D eigenvalue weighted by Gasteiger charge is 2.35. The SMILES string of the molecule is CC1(C)CCC(N)(Cc2ccc(-c3ccc4nc[nH]c4c3)cc2F)CC1. The fourth-order valence-electron chi connectivity index (χ4n) is 3.97. The minimum atomic E-state index is -0.285. The highest BCUT2D eigenvalue weighted by Crippen LogP contribution is 2.40. The summed E-state index contributed by atoms with van der Waals surface area (Å²) >= 11 is 0.